The van der Waals surface area contributed by atoms with Gasteiger partial charge in [0.25, 0.3) is 5.91 Å². The molecule has 0 aliphatic rings. The minimum Gasteiger partial charge on any atom is -0.482 e. The number of benzene rings is 2. The van der Waals surface area contributed by atoms with Crippen molar-refractivity contribution in [1.82, 2.24) is 0 Å². The van der Waals surface area contributed by atoms with Crippen molar-refractivity contribution >= 4 is 33.5 Å². The number of nitrogens with zero attached hydrogens (tertiary/aromatic N) is 1. The van der Waals surface area contributed by atoms with Crippen LogP contribution in [-0.2, 0) is 14.3 Å². The molecule has 7 heteroatoms. The molecule has 6 nitrogen and oxygen atoms in total. The van der Waals surface area contributed by atoms with Crippen LogP contribution in [0.2, 0.25) is 0 Å². The molecule has 1 atom stereocenters. The number of carbonyl (C=O) groups excluding carboxylic acids is 2. The van der Waals surface area contributed by atoms with E-state index in [1.165, 1.54) is 13.0 Å². The van der Waals surface area contributed by atoms with Crippen molar-refractivity contribution in [1.29, 1.82) is 5.26 Å². The molecule has 128 valence electrons. The number of amides is 1. The van der Waals surface area contributed by atoms with Crippen molar-refractivity contribution in [2.24, 2.45) is 0 Å². The highest BCUT2D eigenvalue weighted by Crippen LogP contribution is 2.16. The van der Waals surface area contributed by atoms with Crippen LogP contribution >= 0.6 is 15.9 Å². The Labute approximate surface area is 153 Å². The molecule has 0 saturated carbocycles. The topological polar surface area (TPSA) is 88.4 Å². The summed E-state index contributed by atoms with van der Waals surface area (Å²) in [5.74, 6) is -0.631. The fraction of sp³-hybridized carbons (Fsp3) is 0.167. The molecule has 0 heterocycles. The minimum absolute atomic E-state index is 0.302. The molecule has 1 N–H and O–H groups in total. The van der Waals surface area contributed by atoms with Gasteiger partial charge in [0.2, 0.25) is 0 Å². The number of halogens is 1. The monoisotopic (exact) mass is 402 g/mol. The van der Waals surface area contributed by atoms with E-state index in [2.05, 4.69) is 21.2 Å². The second-order valence-corrected chi connectivity index (χ2v) is 5.97. The normalized spacial score (nSPS) is 11.1. The summed E-state index contributed by atoms with van der Waals surface area (Å²) >= 11 is 3.30. The molecule has 25 heavy (non-hydrogen) atoms. The first-order chi connectivity index (χ1) is 12.0. The fourth-order valence-electron chi connectivity index (χ4n) is 1.87. The third-order valence-electron chi connectivity index (χ3n) is 3.11. The predicted molar refractivity (Wildman–Crippen MR) is 95.0 cm³/mol. The van der Waals surface area contributed by atoms with Crippen molar-refractivity contribution in [3.05, 3.63) is 58.6 Å². The number of carbonyl (C=O) groups is 2. The van der Waals surface area contributed by atoms with Crippen LogP contribution in [0.5, 0.6) is 5.75 Å². The zero-order valence-electron chi connectivity index (χ0n) is 13.4. The molecule has 0 saturated heterocycles. The first kappa shape index (κ1) is 18.5. The van der Waals surface area contributed by atoms with E-state index in [1.54, 1.807) is 42.5 Å². The molecule has 2 aromatic rings. The SMILES string of the molecule is C[C@H](OC(=O)COc1ccc(Br)cc1)C(=O)Nc1cccc(C#N)c1. The van der Waals surface area contributed by atoms with E-state index in [0.29, 0.717) is 17.0 Å². The van der Waals surface area contributed by atoms with Crippen LogP contribution < -0.4 is 10.1 Å². The Kier molecular flexibility index (Phi) is 6.54. The molecular formula is C18H15BrN2O4. The second kappa shape index (κ2) is 8.85. The lowest BCUT2D eigenvalue weighted by Gasteiger charge is -2.14. The second-order valence-electron chi connectivity index (χ2n) is 5.06. The van der Waals surface area contributed by atoms with Gasteiger partial charge in [-0.25, -0.2) is 4.79 Å². The summed E-state index contributed by atoms with van der Waals surface area (Å²) in [6, 6.07) is 15.4. The Morgan fingerprint density at radius 2 is 1.96 bits per heavy atom. The maximum absolute atomic E-state index is 12.0. The van der Waals surface area contributed by atoms with Gasteiger partial charge < -0.3 is 14.8 Å². The number of anilines is 1. The summed E-state index contributed by atoms with van der Waals surface area (Å²) in [5.41, 5.74) is 0.878. The molecule has 0 fully saturated rings. The average molecular weight is 403 g/mol. The Morgan fingerprint density at radius 3 is 2.64 bits per heavy atom. The first-order valence-corrected chi connectivity index (χ1v) is 8.16. The number of rotatable bonds is 6. The molecule has 0 aromatic heterocycles. The van der Waals surface area contributed by atoms with E-state index in [4.69, 9.17) is 14.7 Å². The molecular weight excluding hydrogens is 388 g/mol. The molecule has 0 aliphatic carbocycles. The Bertz CT molecular complexity index is 799. The number of ether oxygens (including phenoxy) is 2. The van der Waals surface area contributed by atoms with Gasteiger partial charge in [-0.3, -0.25) is 4.79 Å². The van der Waals surface area contributed by atoms with Gasteiger partial charge >= 0.3 is 5.97 Å². The Balaban J connectivity index is 1.82. The molecule has 0 aliphatic heterocycles. The van der Waals surface area contributed by atoms with Gasteiger partial charge in [-0.2, -0.15) is 5.26 Å². The smallest absolute Gasteiger partial charge is 0.344 e. The van der Waals surface area contributed by atoms with Crippen LogP contribution in [0.15, 0.2) is 53.0 Å². The third-order valence-corrected chi connectivity index (χ3v) is 3.64. The standard InChI is InChI=1S/C18H15BrN2O4/c1-12(18(23)21-15-4-2-3-13(9-15)10-20)25-17(22)11-24-16-7-5-14(19)6-8-16/h2-9,12H,11H2,1H3,(H,21,23)/t12-/m0/s1. The number of hydrogen-bond donors (Lipinski definition) is 1. The summed E-state index contributed by atoms with van der Waals surface area (Å²) in [7, 11) is 0. The van der Waals surface area contributed by atoms with E-state index < -0.39 is 18.0 Å². The number of esters is 1. The van der Waals surface area contributed by atoms with Gasteiger partial charge in [0.1, 0.15) is 5.75 Å². The van der Waals surface area contributed by atoms with Crippen molar-refractivity contribution in [3.8, 4) is 11.8 Å². The van der Waals surface area contributed by atoms with Crippen LogP contribution in [0.3, 0.4) is 0 Å². The van der Waals surface area contributed by atoms with E-state index in [9.17, 15) is 9.59 Å². The zero-order valence-corrected chi connectivity index (χ0v) is 14.9. The first-order valence-electron chi connectivity index (χ1n) is 7.37. The molecule has 1 amide bonds. The number of nitrogens with one attached hydrogen (secondary N) is 1. The van der Waals surface area contributed by atoms with E-state index in [1.807, 2.05) is 6.07 Å². The lowest BCUT2D eigenvalue weighted by molar-refractivity contribution is -0.155. The molecule has 2 aromatic carbocycles. The van der Waals surface area contributed by atoms with Crippen molar-refractivity contribution < 1.29 is 19.1 Å². The highest BCUT2D eigenvalue weighted by atomic mass is 79.9. The van der Waals surface area contributed by atoms with Gasteiger partial charge in [0, 0.05) is 10.2 Å². The number of hydrogen-bond acceptors (Lipinski definition) is 5. The van der Waals surface area contributed by atoms with Gasteiger partial charge in [0.05, 0.1) is 11.6 Å². The van der Waals surface area contributed by atoms with Gasteiger partial charge in [0.15, 0.2) is 12.7 Å². The fourth-order valence-corrected chi connectivity index (χ4v) is 2.13. The Morgan fingerprint density at radius 1 is 1.24 bits per heavy atom. The summed E-state index contributed by atoms with van der Waals surface area (Å²) in [6.45, 7) is 1.16. The highest BCUT2D eigenvalue weighted by Gasteiger charge is 2.18. The molecule has 0 spiro atoms. The average Bonchev–Trinajstić information content (AvgIpc) is 2.61. The maximum atomic E-state index is 12.0. The van der Waals surface area contributed by atoms with Crippen LogP contribution in [0.1, 0.15) is 12.5 Å². The van der Waals surface area contributed by atoms with Gasteiger partial charge in [-0.1, -0.05) is 22.0 Å². The lowest BCUT2D eigenvalue weighted by Crippen LogP contribution is -2.31. The van der Waals surface area contributed by atoms with Crippen LogP contribution in [0.4, 0.5) is 5.69 Å². The molecule has 0 radical (unpaired) electrons. The summed E-state index contributed by atoms with van der Waals surface area (Å²) in [5, 5.41) is 11.4. The summed E-state index contributed by atoms with van der Waals surface area (Å²) < 4.78 is 11.2. The van der Waals surface area contributed by atoms with Gasteiger partial charge in [-0.05, 0) is 49.4 Å². The zero-order chi connectivity index (χ0) is 18.2. The largest absolute Gasteiger partial charge is 0.482 e. The minimum atomic E-state index is -0.994. The maximum Gasteiger partial charge on any atom is 0.344 e. The molecule has 0 bridgehead atoms. The number of nitriles is 1. The van der Waals surface area contributed by atoms with E-state index in [0.717, 1.165) is 4.47 Å². The van der Waals surface area contributed by atoms with E-state index in [-0.39, 0.29) is 6.61 Å². The van der Waals surface area contributed by atoms with Crippen molar-refractivity contribution in [2.45, 2.75) is 13.0 Å². The molecule has 0 unspecified atom stereocenters. The third kappa shape index (κ3) is 5.94. The molecule has 2 rings (SSSR count). The van der Waals surface area contributed by atoms with E-state index >= 15 is 0 Å². The predicted octanol–water partition coefficient (Wildman–Crippen LogP) is 3.27. The summed E-state index contributed by atoms with van der Waals surface area (Å²) in [6.07, 6.45) is -0.994. The van der Waals surface area contributed by atoms with Crippen molar-refractivity contribution in [2.75, 3.05) is 11.9 Å². The summed E-state index contributed by atoms with van der Waals surface area (Å²) in [4.78, 5) is 23.8. The lowest BCUT2D eigenvalue weighted by atomic mass is 10.2. The van der Waals surface area contributed by atoms with Crippen LogP contribution in [0.25, 0.3) is 0 Å². The van der Waals surface area contributed by atoms with Gasteiger partial charge in [-0.15, -0.1) is 0 Å². The highest BCUT2D eigenvalue weighted by molar-refractivity contribution is 9.10. The van der Waals surface area contributed by atoms with Crippen molar-refractivity contribution in [3.63, 3.8) is 0 Å². The Hall–Kier alpha value is -2.85. The van der Waals surface area contributed by atoms with Crippen LogP contribution in [-0.4, -0.2) is 24.6 Å². The van der Waals surface area contributed by atoms with Crippen LogP contribution in [0, 0.1) is 11.3 Å². The quantitative estimate of drug-likeness (QED) is 0.748.